The van der Waals surface area contributed by atoms with Crippen molar-refractivity contribution in [2.75, 3.05) is 13.1 Å². The first-order valence-corrected chi connectivity index (χ1v) is 8.88. The second kappa shape index (κ2) is 6.61. The molecule has 2 heterocycles. The molecule has 21 heavy (non-hydrogen) atoms. The minimum absolute atomic E-state index is 0.110. The zero-order chi connectivity index (χ0) is 14.8. The second-order valence-electron chi connectivity index (χ2n) is 5.36. The molecule has 0 bridgehead atoms. The number of likely N-dealkylation sites (tertiary alicyclic amines) is 1. The van der Waals surface area contributed by atoms with Crippen molar-refractivity contribution in [3.8, 4) is 0 Å². The fourth-order valence-corrected chi connectivity index (χ4v) is 4.72. The van der Waals surface area contributed by atoms with Gasteiger partial charge in [0.1, 0.15) is 0 Å². The molecule has 1 aliphatic heterocycles. The molecule has 1 aliphatic rings. The summed E-state index contributed by atoms with van der Waals surface area (Å²) in [7, 11) is 0. The van der Waals surface area contributed by atoms with Gasteiger partial charge in [-0.1, -0.05) is 30.3 Å². The van der Waals surface area contributed by atoms with Crippen LogP contribution < -0.4 is 0 Å². The Labute approximate surface area is 141 Å². The normalized spacial score (nSPS) is 22.6. The lowest BCUT2D eigenvalue weighted by Gasteiger charge is -2.15. The maximum atomic E-state index is 11.8. The molecule has 2 aromatic rings. The number of nitrogens with zero attached hydrogens (tertiary/aromatic N) is 1. The highest BCUT2D eigenvalue weighted by Gasteiger charge is 2.38. The summed E-state index contributed by atoms with van der Waals surface area (Å²) >= 11 is 11.0. The molecular weight excluding hydrogens is 370 g/mol. The maximum Gasteiger partial charge on any atom is 0.226 e. The topological polar surface area (TPSA) is 20.3 Å². The number of thiophene rings is 1. The zero-order valence-electron chi connectivity index (χ0n) is 11.3. The highest BCUT2D eigenvalue weighted by Crippen LogP contribution is 2.38. The van der Waals surface area contributed by atoms with Gasteiger partial charge in [0.25, 0.3) is 0 Å². The van der Waals surface area contributed by atoms with Gasteiger partial charge in [-0.15, -0.1) is 11.3 Å². The Kier molecular flexibility index (Phi) is 4.79. The number of hydrogen-bond donors (Lipinski definition) is 0. The summed E-state index contributed by atoms with van der Waals surface area (Å²) in [6, 6.07) is 12.4. The highest BCUT2D eigenvalue weighted by atomic mass is 79.9. The lowest BCUT2D eigenvalue weighted by molar-refractivity contribution is -0.115. The van der Waals surface area contributed by atoms with Crippen LogP contribution in [0, 0.1) is 5.92 Å². The van der Waals surface area contributed by atoms with E-state index in [4.69, 9.17) is 11.6 Å². The van der Waals surface area contributed by atoms with Crippen molar-refractivity contribution in [3.63, 3.8) is 0 Å². The van der Waals surface area contributed by atoms with E-state index in [1.807, 2.05) is 18.2 Å². The number of halogens is 2. The van der Waals surface area contributed by atoms with Gasteiger partial charge in [-0.3, -0.25) is 9.69 Å². The van der Waals surface area contributed by atoms with Crippen molar-refractivity contribution in [3.05, 3.63) is 56.7 Å². The molecule has 0 saturated carbocycles. The number of carbonyl (C=O) groups is 1. The molecule has 1 saturated heterocycles. The lowest BCUT2D eigenvalue weighted by Crippen LogP contribution is -2.21. The number of hydrogen-bond acceptors (Lipinski definition) is 3. The van der Waals surface area contributed by atoms with Crippen molar-refractivity contribution in [1.29, 1.82) is 0 Å². The molecule has 1 aromatic carbocycles. The average molecular weight is 385 g/mol. The van der Waals surface area contributed by atoms with Crippen LogP contribution in [0.4, 0.5) is 0 Å². The van der Waals surface area contributed by atoms with Gasteiger partial charge in [0.2, 0.25) is 5.24 Å². The van der Waals surface area contributed by atoms with Gasteiger partial charge < -0.3 is 0 Å². The maximum absolute atomic E-state index is 11.8. The van der Waals surface area contributed by atoms with Crippen LogP contribution in [0.2, 0.25) is 0 Å². The lowest BCUT2D eigenvalue weighted by atomic mass is 9.96. The van der Waals surface area contributed by atoms with Crippen molar-refractivity contribution in [2.24, 2.45) is 5.92 Å². The first kappa shape index (κ1) is 15.2. The van der Waals surface area contributed by atoms with Gasteiger partial charge in [0.05, 0.1) is 5.92 Å². The predicted octanol–water partition coefficient (Wildman–Crippen LogP) is 4.49. The molecule has 2 unspecified atom stereocenters. The Morgan fingerprint density at radius 3 is 2.71 bits per heavy atom. The van der Waals surface area contributed by atoms with E-state index in [9.17, 15) is 4.79 Å². The van der Waals surface area contributed by atoms with Gasteiger partial charge in [0, 0.05) is 40.3 Å². The molecule has 2 nitrogen and oxygen atoms in total. The van der Waals surface area contributed by atoms with Crippen LogP contribution in [0.15, 0.2) is 46.3 Å². The van der Waals surface area contributed by atoms with Crippen molar-refractivity contribution >= 4 is 44.1 Å². The van der Waals surface area contributed by atoms with Crippen LogP contribution in [-0.2, 0) is 11.3 Å². The largest absolute Gasteiger partial charge is 0.298 e. The third kappa shape index (κ3) is 3.57. The molecule has 2 atom stereocenters. The Hall–Kier alpha value is -0.680. The number of rotatable bonds is 4. The summed E-state index contributed by atoms with van der Waals surface area (Å²) < 4.78 is 1.07. The van der Waals surface area contributed by atoms with Crippen molar-refractivity contribution in [2.45, 2.75) is 12.5 Å². The van der Waals surface area contributed by atoms with E-state index >= 15 is 0 Å². The summed E-state index contributed by atoms with van der Waals surface area (Å²) in [5, 5.41) is 1.84. The Morgan fingerprint density at radius 1 is 1.33 bits per heavy atom. The van der Waals surface area contributed by atoms with E-state index in [2.05, 4.69) is 44.4 Å². The van der Waals surface area contributed by atoms with Gasteiger partial charge in [0.15, 0.2) is 0 Å². The van der Waals surface area contributed by atoms with Gasteiger partial charge in [-0.25, -0.2) is 0 Å². The van der Waals surface area contributed by atoms with Crippen LogP contribution in [0.1, 0.15) is 16.4 Å². The molecular formula is C16H15BrClNOS. The molecule has 3 rings (SSSR count). The van der Waals surface area contributed by atoms with E-state index < -0.39 is 0 Å². The van der Waals surface area contributed by atoms with Crippen molar-refractivity contribution in [1.82, 2.24) is 4.90 Å². The quantitative estimate of drug-likeness (QED) is 0.724. The summed E-state index contributed by atoms with van der Waals surface area (Å²) in [4.78, 5) is 15.3. The first-order chi connectivity index (χ1) is 10.1. The molecule has 0 amide bonds. The van der Waals surface area contributed by atoms with Crippen LogP contribution >= 0.6 is 38.9 Å². The van der Waals surface area contributed by atoms with Gasteiger partial charge in [-0.2, -0.15) is 0 Å². The summed E-state index contributed by atoms with van der Waals surface area (Å²) in [5.74, 6) is 0.0935. The van der Waals surface area contributed by atoms with Crippen LogP contribution in [0.3, 0.4) is 0 Å². The predicted molar refractivity (Wildman–Crippen MR) is 90.8 cm³/mol. The third-order valence-electron chi connectivity index (χ3n) is 3.89. The molecule has 5 heteroatoms. The fourth-order valence-electron chi connectivity index (χ4n) is 2.90. The Bertz CT molecular complexity index is 630. The summed E-state index contributed by atoms with van der Waals surface area (Å²) in [5.41, 5.74) is 1.27. The first-order valence-electron chi connectivity index (χ1n) is 6.83. The summed E-state index contributed by atoms with van der Waals surface area (Å²) in [6.45, 7) is 2.48. The Morgan fingerprint density at radius 2 is 2.10 bits per heavy atom. The van der Waals surface area contributed by atoms with E-state index in [0.29, 0.717) is 0 Å². The SMILES string of the molecule is O=C(Cl)C1CN(Cc2ccccc2)CC1c1cc(Br)cs1. The Balaban J connectivity index is 1.76. The van der Waals surface area contributed by atoms with Crippen LogP contribution in [0.5, 0.6) is 0 Å². The molecule has 0 spiro atoms. The average Bonchev–Trinajstić information content (AvgIpc) is 3.06. The summed E-state index contributed by atoms with van der Waals surface area (Å²) in [6.07, 6.45) is 0. The van der Waals surface area contributed by atoms with E-state index in [0.717, 1.165) is 24.1 Å². The van der Waals surface area contributed by atoms with Crippen LogP contribution in [0.25, 0.3) is 0 Å². The zero-order valence-corrected chi connectivity index (χ0v) is 14.5. The monoisotopic (exact) mass is 383 g/mol. The molecule has 0 aliphatic carbocycles. The smallest absolute Gasteiger partial charge is 0.226 e. The highest BCUT2D eigenvalue weighted by molar-refractivity contribution is 9.10. The molecule has 110 valence electrons. The molecule has 0 radical (unpaired) electrons. The number of benzene rings is 1. The standard InChI is InChI=1S/C16H15BrClNOS/c17-12-6-15(21-10-12)13-8-19(9-14(13)16(18)20)7-11-4-2-1-3-5-11/h1-6,10,13-14H,7-9H2. The van der Waals surface area contributed by atoms with Crippen molar-refractivity contribution < 1.29 is 4.79 Å². The van der Waals surface area contributed by atoms with Gasteiger partial charge in [-0.05, 0) is 39.2 Å². The third-order valence-corrected chi connectivity index (χ3v) is 5.99. The molecule has 0 N–H and O–H groups in total. The van der Waals surface area contributed by atoms with E-state index in [1.54, 1.807) is 11.3 Å². The van der Waals surface area contributed by atoms with E-state index in [1.165, 1.54) is 10.4 Å². The fraction of sp³-hybridized carbons (Fsp3) is 0.312. The van der Waals surface area contributed by atoms with Gasteiger partial charge >= 0.3 is 0 Å². The minimum atomic E-state index is -0.222. The molecule has 1 fully saturated rings. The molecule has 1 aromatic heterocycles. The number of carbonyl (C=O) groups excluding carboxylic acids is 1. The minimum Gasteiger partial charge on any atom is -0.298 e. The van der Waals surface area contributed by atoms with E-state index in [-0.39, 0.29) is 17.1 Å². The van der Waals surface area contributed by atoms with Crippen LogP contribution in [-0.4, -0.2) is 23.2 Å². The second-order valence-corrected chi connectivity index (χ2v) is 7.60.